The van der Waals surface area contributed by atoms with E-state index in [1.807, 2.05) is 17.5 Å². The van der Waals surface area contributed by atoms with Crippen LogP contribution >= 0.6 is 23.1 Å². The summed E-state index contributed by atoms with van der Waals surface area (Å²) in [5, 5.41) is 4.98. The number of hydrogen-bond acceptors (Lipinski definition) is 5. The highest BCUT2D eigenvalue weighted by Crippen LogP contribution is 2.29. The average molecular weight is 417 g/mol. The second-order valence-electron chi connectivity index (χ2n) is 5.44. The quantitative estimate of drug-likeness (QED) is 0.669. The fraction of sp³-hybridized carbons (Fsp3) is 0.353. The minimum atomic E-state index is -4.44. The number of thiophene rings is 1. The van der Waals surface area contributed by atoms with E-state index in [9.17, 15) is 22.8 Å². The van der Waals surface area contributed by atoms with Crippen LogP contribution in [0.4, 0.5) is 13.2 Å². The first-order valence-corrected chi connectivity index (χ1v) is 9.89. The van der Waals surface area contributed by atoms with Crippen LogP contribution < -0.4 is 5.32 Å². The van der Waals surface area contributed by atoms with Crippen LogP contribution in [-0.4, -0.2) is 40.5 Å². The van der Waals surface area contributed by atoms with Crippen LogP contribution in [0.15, 0.2) is 40.9 Å². The molecule has 0 aliphatic rings. The van der Waals surface area contributed by atoms with Crippen molar-refractivity contribution in [2.24, 2.45) is 0 Å². The Bertz CT molecular complexity index is 750. The molecule has 0 radical (unpaired) electrons. The number of carbonyl (C=O) groups is 2. The number of alkyl halides is 3. The number of aromatic nitrogens is 1. The number of nitrogens with one attached hydrogen (secondary N) is 1. The van der Waals surface area contributed by atoms with E-state index < -0.39 is 11.7 Å². The third-order valence-electron chi connectivity index (χ3n) is 3.52. The van der Waals surface area contributed by atoms with Gasteiger partial charge in [0.25, 0.3) is 0 Å². The molecule has 0 fully saturated rings. The van der Waals surface area contributed by atoms with E-state index in [0.717, 1.165) is 28.9 Å². The van der Waals surface area contributed by atoms with Crippen LogP contribution in [0.2, 0.25) is 0 Å². The molecule has 2 aromatic heterocycles. The average Bonchev–Trinajstić information content (AvgIpc) is 3.15. The molecule has 0 bridgehead atoms. The van der Waals surface area contributed by atoms with Crippen LogP contribution in [0.1, 0.15) is 17.4 Å². The van der Waals surface area contributed by atoms with Crippen molar-refractivity contribution in [2.75, 3.05) is 18.8 Å². The van der Waals surface area contributed by atoms with Gasteiger partial charge in [-0.3, -0.25) is 9.59 Å². The second kappa shape index (κ2) is 9.75. The van der Waals surface area contributed by atoms with Crippen molar-refractivity contribution in [1.29, 1.82) is 0 Å². The molecule has 1 N–H and O–H groups in total. The molecular formula is C17H18F3N3O2S2. The maximum Gasteiger partial charge on any atom is 0.417 e. The number of thioether (sulfide) groups is 1. The van der Waals surface area contributed by atoms with E-state index in [-0.39, 0.29) is 24.1 Å². The molecule has 2 heterocycles. The van der Waals surface area contributed by atoms with Gasteiger partial charge in [-0.2, -0.15) is 13.2 Å². The van der Waals surface area contributed by atoms with Crippen LogP contribution in [0.3, 0.4) is 0 Å². The van der Waals surface area contributed by atoms with E-state index in [0.29, 0.717) is 18.1 Å². The zero-order valence-electron chi connectivity index (χ0n) is 14.5. The first-order valence-electron chi connectivity index (χ1n) is 8.02. The molecule has 10 heteroatoms. The molecule has 0 saturated carbocycles. The minimum absolute atomic E-state index is 0.00951. The van der Waals surface area contributed by atoms with E-state index in [2.05, 4.69) is 10.3 Å². The largest absolute Gasteiger partial charge is 0.417 e. The van der Waals surface area contributed by atoms with E-state index in [4.69, 9.17) is 0 Å². The fourth-order valence-electron chi connectivity index (χ4n) is 2.06. The lowest BCUT2D eigenvalue weighted by molar-refractivity contribution is -0.138. The topological polar surface area (TPSA) is 62.3 Å². The van der Waals surface area contributed by atoms with Crippen molar-refractivity contribution in [3.8, 4) is 0 Å². The Labute approximate surface area is 163 Å². The lowest BCUT2D eigenvalue weighted by Crippen LogP contribution is -2.41. The molecule has 2 rings (SSSR count). The van der Waals surface area contributed by atoms with Gasteiger partial charge >= 0.3 is 6.18 Å². The van der Waals surface area contributed by atoms with Crippen molar-refractivity contribution in [1.82, 2.24) is 15.2 Å². The maximum atomic E-state index is 12.5. The summed E-state index contributed by atoms with van der Waals surface area (Å²) >= 11 is 2.56. The van der Waals surface area contributed by atoms with Gasteiger partial charge in [-0.05, 0) is 30.5 Å². The SMILES string of the molecule is CCN(CC(=O)NCc1cccs1)C(=O)CSc1ccc(C(F)(F)F)cn1. The number of nitrogens with zero attached hydrogens (tertiary/aromatic N) is 2. The van der Waals surface area contributed by atoms with Crippen molar-refractivity contribution in [2.45, 2.75) is 24.7 Å². The standard InChI is InChI=1S/C17H18F3N3O2S2/c1-2-23(10-14(24)21-9-13-4-3-7-26-13)16(25)11-27-15-6-5-12(8-22-15)17(18,19)20/h3-8H,2,9-11H2,1H3,(H,21,24). The molecule has 5 nitrogen and oxygen atoms in total. The van der Waals surface area contributed by atoms with Crippen LogP contribution in [-0.2, 0) is 22.3 Å². The van der Waals surface area contributed by atoms with Crippen LogP contribution in [0.25, 0.3) is 0 Å². The highest BCUT2D eigenvalue weighted by atomic mass is 32.2. The van der Waals surface area contributed by atoms with Gasteiger partial charge < -0.3 is 10.2 Å². The Morgan fingerprint density at radius 2 is 2.07 bits per heavy atom. The van der Waals surface area contributed by atoms with Gasteiger partial charge in [-0.1, -0.05) is 17.8 Å². The first-order chi connectivity index (χ1) is 12.8. The summed E-state index contributed by atoms with van der Waals surface area (Å²) < 4.78 is 37.5. The number of carbonyl (C=O) groups excluding carboxylic acids is 2. The number of likely N-dealkylation sites (N-methyl/N-ethyl adjacent to an activating group) is 1. The van der Waals surface area contributed by atoms with Crippen LogP contribution in [0, 0.1) is 0 Å². The third kappa shape index (κ3) is 6.87. The van der Waals surface area contributed by atoms with Gasteiger partial charge in [0.15, 0.2) is 0 Å². The molecule has 0 aliphatic heterocycles. The zero-order chi connectivity index (χ0) is 19.9. The lowest BCUT2D eigenvalue weighted by atomic mass is 10.3. The number of pyridine rings is 1. The molecule has 0 saturated heterocycles. The molecule has 0 unspecified atom stereocenters. The van der Waals surface area contributed by atoms with E-state index >= 15 is 0 Å². The molecule has 0 atom stereocenters. The van der Waals surface area contributed by atoms with E-state index in [1.54, 1.807) is 6.92 Å². The number of rotatable bonds is 8. The van der Waals surface area contributed by atoms with Crippen molar-refractivity contribution >= 4 is 34.9 Å². The molecule has 0 aliphatic carbocycles. The zero-order valence-corrected chi connectivity index (χ0v) is 16.1. The molecule has 0 spiro atoms. The predicted molar refractivity (Wildman–Crippen MR) is 98.4 cm³/mol. The van der Waals surface area contributed by atoms with Gasteiger partial charge in [0, 0.05) is 17.6 Å². The van der Waals surface area contributed by atoms with Crippen molar-refractivity contribution in [3.63, 3.8) is 0 Å². The number of halogens is 3. The van der Waals surface area contributed by atoms with Gasteiger partial charge in [0.1, 0.15) is 0 Å². The van der Waals surface area contributed by atoms with Crippen molar-refractivity contribution < 1.29 is 22.8 Å². The monoisotopic (exact) mass is 417 g/mol. The summed E-state index contributed by atoms with van der Waals surface area (Å²) in [6.07, 6.45) is -3.70. The van der Waals surface area contributed by atoms with Crippen molar-refractivity contribution in [3.05, 3.63) is 46.3 Å². The minimum Gasteiger partial charge on any atom is -0.350 e. The molecule has 2 aromatic rings. The van der Waals surface area contributed by atoms with Gasteiger partial charge in [0.2, 0.25) is 11.8 Å². The Morgan fingerprint density at radius 1 is 1.30 bits per heavy atom. The predicted octanol–water partition coefficient (Wildman–Crippen LogP) is 3.42. The second-order valence-corrected chi connectivity index (χ2v) is 7.46. The number of amides is 2. The highest BCUT2D eigenvalue weighted by Gasteiger charge is 2.30. The molecule has 0 aromatic carbocycles. The van der Waals surface area contributed by atoms with Gasteiger partial charge in [0.05, 0.1) is 29.4 Å². The molecule has 146 valence electrons. The van der Waals surface area contributed by atoms with Gasteiger partial charge in [-0.15, -0.1) is 11.3 Å². The normalized spacial score (nSPS) is 11.3. The van der Waals surface area contributed by atoms with Crippen LogP contribution in [0.5, 0.6) is 0 Å². The summed E-state index contributed by atoms with van der Waals surface area (Å²) in [5.74, 6) is -0.559. The summed E-state index contributed by atoms with van der Waals surface area (Å²) in [5.41, 5.74) is -0.837. The highest BCUT2D eigenvalue weighted by molar-refractivity contribution is 7.99. The Kier molecular flexibility index (Phi) is 7.66. The molecule has 2 amide bonds. The fourth-order valence-corrected chi connectivity index (χ4v) is 3.45. The summed E-state index contributed by atoms with van der Waals surface area (Å²) in [6.45, 7) is 2.45. The lowest BCUT2D eigenvalue weighted by Gasteiger charge is -2.20. The van der Waals surface area contributed by atoms with E-state index in [1.165, 1.54) is 22.3 Å². The molecular weight excluding hydrogens is 399 g/mol. The summed E-state index contributed by atoms with van der Waals surface area (Å²) in [4.78, 5) is 30.4. The summed E-state index contributed by atoms with van der Waals surface area (Å²) in [7, 11) is 0. The Hall–Kier alpha value is -2.07. The maximum absolute atomic E-state index is 12.5. The smallest absolute Gasteiger partial charge is 0.350 e. The first kappa shape index (κ1) is 21.2. The molecule has 27 heavy (non-hydrogen) atoms. The summed E-state index contributed by atoms with van der Waals surface area (Å²) in [6, 6.07) is 5.95. The Balaban J connectivity index is 1.80. The number of hydrogen-bond donors (Lipinski definition) is 1. The third-order valence-corrected chi connectivity index (χ3v) is 5.32. The van der Waals surface area contributed by atoms with Gasteiger partial charge in [-0.25, -0.2) is 4.98 Å². The Morgan fingerprint density at radius 3 is 2.63 bits per heavy atom.